The van der Waals surface area contributed by atoms with E-state index in [1.54, 1.807) is 6.33 Å². The zero-order valence-electron chi connectivity index (χ0n) is 11.3. The van der Waals surface area contributed by atoms with Gasteiger partial charge in [-0.25, -0.2) is 15.0 Å². The fraction of sp³-hybridized carbons (Fsp3) is 0.500. The Kier molecular flexibility index (Phi) is 3.05. The molecule has 1 unspecified atom stereocenters. The number of hydrogen-bond donors (Lipinski definition) is 0. The molecule has 0 spiro atoms. The quantitative estimate of drug-likeness (QED) is 0.787. The van der Waals surface area contributed by atoms with Crippen LogP contribution in [-0.4, -0.2) is 19.5 Å². The van der Waals surface area contributed by atoms with E-state index < -0.39 is 0 Å². The Morgan fingerprint density at radius 1 is 1.32 bits per heavy atom. The summed E-state index contributed by atoms with van der Waals surface area (Å²) in [5.74, 6) is 1.87. The first-order valence-electron chi connectivity index (χ1n) is 6.63. The molecule has 2 aromatic heterocycles. The molecular formula is C14H17ClN4. The molecular weight excluding hydrogens is 260 g/mol. The van der Waals surface area contributed by atoms with Crippen LogP contribution in [0.1, 0.15) is 27.2 Å². The van der Waals surface area contributed by atoms with Crippen LogP contribution in [-0.2, 0) is 0 Å². The van der Waals surface area contributed by atoms with Crippen molar-refractivity contribution in [3.63, 3.8) is 0 Å². The van der Waals surface area contributed by atoms with Gasteiger partial charge in [-0.1, -0.05) is 38.4 Å². The predicted octanol–water partition coefficient (Wildman–Crippen LogP) is 3.63. The number of allylic oxidation sites excluding steroid dienone is 2. The minimum atomic E-state index is 0.412. The van der Waals surface area contributed by atoms with Crippen molar-refractivity contribution in [2.45, 2.75) is 27.2 Å². The molecule has 0 radical (unpaired) electrons. The van der Waals surface area contributed by atoms with Crippen LogP contribution < -0.4 is 0 Å². The Bertz CT molecular complexity index is 644. The number of rotatable bonds is 2. The molecule has 0 aliphatic heterocycles. The summed E-state index contributed by atoms with van der Waals surface area (Å²) in [5, 5.41) is 0.412. The highest BCUT2D eigenvalue weighted by Gasteiger charge is 2.30. The van der Waals surface area contributed by atoms with Gasteiger partial charge in [0.25, 0.3) is 0 Å². The second kappa shape index (κ2) is 4.60. The van der Waals surface area contributed by atoms with E-state index in [2.05, 4.69) is 46.4 Å². The SMILES string of the molecule is CC(C)C1CC=C(n2cnc3c(Cl)ncnc32)[C@@H]1C. The smallest absolute Gasteiger partial charge is 0.169 e. The highest BCUT2D eigenvalue weighted by atomic mass is 35.5. The topological polar surface area (TPSA) is 43.6 Å². The van der Waals surface area contributed by atoms with Crippen molar-refractivity contribution in [3.8, 4) is 0 Å². The minimum absolute atomic E-state index is 0.412. The van der Waals surface area contributed by atoms with Gasteiger partial charge in [-0.2, -0.15) is 0 Å². The van der Waals surface area contributed by atoms with Gasteiger partial charge < -0.3 is 0 Å². The standard InChI is InChI=1S/C14H17ClN4/c1-8(2)10-4-5-11(9(10)3)19-7-18-12-13(15)16-6-17-14(12)19/h5-10H,4H2,1-3H3/t9-,10?/m1/s1. The predicted molar refractivity (Wildman–Crippen MR) is 76.7 cm³/mol. The Morgan fingerprint density at radius 3 is 2.79 bits per heavy atom. The number of nitrogens with zero attached hydrogens (tertiary/aromatic N) is 4. The summed E-state index contributed by atoms with van der Waals surface area (Å²) in [6.07, 6.45) is 6.71. The van der Waals surface area contributed by atoms with E-state index >= 15 is 0 Å². The maximum absolute atomic E-state index is 6.05. The summed E-state index contributed by atoms with van der Waals surface area (Å²) < 4.78 is 2.05. The second-order valence-corrected chi connectivity index (χ2v) is 5.87. The summed E-state index contributed by atoms with van der Waals surface area (Å²) in [6.45, 7) is 6.84. The van der Waals surface area contributed by atoms with E-state index in [0.29, 0.717) is 28.4 Å². The van der Waals surface area contributed by atoms with Crippen molar-refractivity contribution >= 4 is 28.5 Å². The fourth-order valence-corrected chi connectivity index (χ4v) is 3.21. The second-order valence-electron chi connectivity index (χ2n) is 5.51. The summed E-state index contributed by atoms with van der Waals surface area (Å²) in [7, 11) is 0. The van der Waals surface area contributed by atoms with Crippen molar-refractivity contribution in [1.82, 2.24) is 19.5 Å². The molecule has 0 fully saturated rings. The lowest BCUT2D eigenvalue weighted by molar-refractivity contribution is 0.336. The van der Waals surface area contributed by atoms with E-state index in [-0.39, 0.29) is 0 Å². The first kappa shape index (κ1) is 12.6. The van der Waals surface area contributed by atoms with E-state index in [1.165, 1.54) is 12.0 Å². The molecule has 0 aromatic carbocycles. The molecule has 2 heterocycles. The van der Waals surface area contributed by atoms with Gasteiger partial charge in [0.2, 0.25) is 0 Å². The minimum Gasteiger partial charge on any atom is -0.287 e. The monoisotopic (exact) mass is 276 g/mol. The van der Waals surface area contributed by atoms with Crippen molar-refractivity contribution in [1.29, 1.82) is 0 Å². The summed E-state index contributed by atoms with van der Waals surface area (Å²) in [5.41, 5.74) is 2.74. The van der Waals surface area contributed by atoms with Gasteiger partial charge in [-0.05, 0) is 24.2 Å². The molecule has 5 heteroatoms. The van der Waals surface area contributed by atoms with Crippen molar-refractivity contribution in [3.05, 3.63) is 23.9 Å². The molecule has 0 saturated carbocycles. The molecule has 3 rings (SSSR count). The van der Waals surface area contributed by atoms with Crippen LogP contribution in [0.25, 0.3) is 16.9 Å². The van der Waals surface area contributed by atoms with Crippen LogP contribution in [0.3, 0.4) is 0 Å². The normalized spacial score (nSPS) is 23.3. The third kappa shape index (κ3) is 1.94. The first-order chi connectivity index (χ1) is 9.09. The van der Waals surface area contributed by atoms with Crippen molar-refractivity contribution in [2.24, 2.45) is 17.8 Å². The third-order valence-electron chi connectivity index (χ3n) is 4.13. The zero-order valence-corrected chi connectivity index (χ0v) is 12.1. The maximum Gasteiger partial charge on any atom is 0.169 e. The largest absolute Gasteiger partial charge is 0.287 e. The first-order valence-corrected chi connectivity index (χ1v) is 7.01. The molecule has 100 valence electrons. The van der Waals surface area contributed by atoms with Crippen LogP contribution in [0.5, 0.6) is 0 Å². The van der Waals surface area contributed by atoms with Crippen LogP contribution in [0.4, 0.5) is 0 Å². The summed E-state index contributed by atoms with van der Waals surface area (Å²) >= 11 is 6.05. The average molecular weight is 277 g/mol. The lowest BCUT2D eigenvalue weighted by Gasteiger charge is -2.22. The Balaban J connectivity index is 2.05. The van der Waals surface area contributed by atoms with Crippen molar-refractivity contribution in [2.75, 3.05) is 0 Å². The van der Waals surface area contributed by atoms with E-state index in [9.17, 15) is 0 Å². The number of fused-ring (bicyclic) bond motifs is 1. The van der Waals surface area contributed by atoms with Crippen LogP contribution in [0, 0.1) is 17.8 Å². The summed E-state index contributed by atoms with van der Waals surface area (Å²) in [6, 6.07) is 0. The molecule has 0 saturated heterocycles. The number of hydrogen-bond acceptors (Lipinski definition) is 3. The third-order valence-corrected chi connectivity index (χ3v) is 4.41. The lowest BCUT2D eigenvalue weighted by atomic mass is 9.86. The fourth-order valence-electron chi connectivity index (χ4n) is 3.03. The van der Waals surface area contributed by atoms with E-state index in [4.69, 9.17) is 11.6 Å². The molecule has 2 atom stereocenters. The van der Waals surface area contributed by atoms with E-state index in [0.717, 1.165) is 12.1 Å². The summed E-state index contributed by atoms with van der Waals surface area (Å²) in [4.78, 5) is 12.6. The van der Waals surface area contributed by atoms with Gasteiger partial charge in [-0.15, -0.1) is 0 Å². The lowest BCUT2D eigenvalue weighted by Crippen LogP contribution is -2.15. The highest BCUT2D eigenvalue weighted by Crippen LogP contribution is 2.39. The van der Waals surface area contributed by atoms with Gasteiger partial charge >= 0.3 is 0 Å². The van der Waals surface area contributed by atoms with Gasteiger partial charge in [-0.3, -0.25) is 4.57 Å². The Morgan fingerprint density at radius 2 is 2.11 bits per heavy atom. The van der Waals surface area contributed by atoms with Crippen LogP contribution in [0.2, 0.25) is 5.15 Å². The number of aromatic nitrogens is 4. The van der Waals surface area contributed by atoms with Gasteiger partial charge in [0.05, 0.1) is 0 Å². The average Bonchev–Trinajstić information content (AvgIpc) is 2.93. The zero-order chi connectivity index (χ0) is 13.6. The Labute approximate surface area is 117 Å². The van der Waals surface area contributed by atoms with Gasteiger partial charge in [0, 0.05) is 5.70 Å². The number of imidazole rings is 1. The Hall–Kier alpha value is -1.42. The van der Waals surface area contributed by atoms with Crippen LogP contribution >= 0.6 is 11.6 Å². The molecule has 1 aliphatic rings. The maximum atomic E-state index is 6.05. The molecule has 1 aliphatic carbocycles. The molecule has 0 bridgehead atoms. The van der Waals surface area contributed by atoms with E-state index in [1.807, 2.05) is 0 Å². The molecule has 0 N–H and O–H groups in total. The molecule has 4 nitrogen and oxygen atoms in total. The molecule has 0 amide bonds. The van der Waals surface area contributed by atoms with Gasteiger partial charge in [0.1, 0.15) is 18.2 Å². The molecule has 19 heavy (non-hydrogen) atoms. The van der Waals surface area contributed by atoms with Crippen LogP contribution in [0.15, 0.2) is 18.7 Å². The highest BCUT2D eigenvalue weighted by molar-refractivity contribution is 6.33. The number of halogens is 1. The molecule has 2 aromatic rings. The van der Waals surface area contributed by atoms with Gasteiger partial charge in [0.15, 0.2) is 10.8 Å². The van der Waals surface area contributed by atoms with Crippen molar-refractivity contribution < 1.29 is 0 Å².